The maximum absolute atomic E-state index is 16.0. The van der Waals surface area contributed by atoms with E-state index < -0.39 is 6.17 Å². The highest BCUT2D eigenvalue weighted by Crippen LogP contribution is 2.45. The number of urea groups is 1. The minimum absolute atomic E-state index is 0.0114. The number of rotatable bonds is 3. The average molecular weight is 685 g/mol. The highest BCUT2D eigenvalue weighted by molar-refractivity contribution is 8.00. The third-order valence-electron chi connectivity index (χ3n) is 11.4. The first-order valence-corrected chi connectivity index (χ1v) is 20.0. The van der Waals surface area contributed by atoms with Crippen LogP contribution in [0.5, 0.6) is 0 Å². The molecule has 0 aromatic rings. The van der Waals surface area contributed by atoms with Gasteiger partial charge >= 0.3 is 6.03 Å². The molecule has 1 aliphatic carbocycles. The highest BCUT2D eigenvalue weighted by atomic mass is 35.5. The van der Waals surface area contributed by atoms with Gasteiger partial charge in [-0.15, -0.1) is 11.6 Å². The van der Waals surface area contributed by atoms with Crippen molar-refractivity contribution in [2.45, 2.75) is 124 Å². The van der Waals surface area contributed by atoms with E-state index >= 15 is 4.39 Å². The van der Waals surface area contributed by atoms with Crippen LogP contribution in [0, 0.1) is 17.8 Å². The summed E-state index contributed by atoms with van der Waals surface area (Å²) in [5.74, 6) is 2.31. The molecule has 0 radical (unpaired) electrons. The molecule has 3 N–H and O–H groups in total. The van der Waals surface area contributed by atoms with E-state index in [1.165, 1.54) is 6.08 Å². The first kappa shape index (κ1) is 34.2. The second kappa shape index (κ2) is 14.8. The van der Waals surface area contributed by atoms with Gasteiger partial charge in [0.2, 0.25) is 5.91 Å². The summed E-state index contributed by atoms with van der Waals surface area (Å²) >= 11 is 11.4. The van der Waals surface area contributed by atoms with Gasteiger partial charge < -0.3 is 20.4 Å². The third kappa shape index (κ3) is 6.91. The molecule has 254 valence electrons. The van der Waals surface area contributed by atoms with Gasteiger partial charge in [0.15, 0.2) is 0 Å². The summed E-state index contributed by atoms with van der Waals surface area (Å²) in [5, 5.41) is 11.6. The monoisotopic (exact) mass is 684 g/mol. The second-order valence-corrected chi connectivity index (χ2v) is 17.7. The van der Waals surface area contributed by atoms with Crippen molar-refractivity contribution in [1.82, 2.24) is 30.7 Å². The van der Waals surface area contributed by atoms with Crippen LogP contribution in [0.3, 0.4) is 0 Å². The van der Waals surface area contributed by atoms with Gasteiger partial charge in [0.25, 0.3) is 0 Å². The molecular weight excluding hydrogens is 631 g/mol. The Labute approximate surface area is 283 Å². The molecule has 45 heavy (non-hydrogen) atoms. The lowest BCUT2D eigenvalue weighted by Gasteiger charge is -2.60. The average Bonchev–Trinajstić information content (AvgIpc) is 3.02. The topological polar surface area (TPSA) is 80.0 Å². The van der Waals surface area contributed by atoms with E-state index in [0.717, 1.165) is 50.2 Å². The van der Waals surface area contributed by atoms with E-state index in [0.29, 0.717) is 43.6 Å². The molecule has 6 fully saturated rings. The van der Waals surface area contributed by atoms with Crippen molar-refractivity contribution in [1.29, 1.82) is 0 Å². The Morgan fingerprint density at radius 2 is 1.84 bits per heavy atom. The zero-order valence-corrected chi connectivity index (χ0v) is 29.6. The Morgan fingerprint density at radius 1 is 1.09 bits per heavy atom. The number of hydrogen-bond donors (Lipinski definition) is 3. The van der Waals surface area contributed by atoms with Crippen LogP contribution in [-0.4, -0.2) is 123 Å². The van der Waals surface area contributed by atoms with Crippen LogP contribution in [0.15, 0.2) is 12.7 Å². The van der Waals surface area contributed by atoms with E-state index in [2.05, 4.69) is 53.1 Å². The van der Waals surface area contributed by atoms with Crippen LogP contribution < -0.4 is 16.0 Å². The standard InChI is InChI=1S/C33H54ClFN6O2S2/c1-5-26(42)39-13-14-40(20(4)18-39)31-21-17-22(34)29-27-23(35)9-8-10-24(27)44-15-6-7-16-45-25-11-12-36-28(19(2)3)30(25)41(32(21)37-29)33(43)38-31/h5,19-25,27-32,36-37H,1,6-18H2,2-4H3,(H,38,43)/t20-,21?,22?,23?,24?,25?,27?,28?,29?,30?,31?,32?/m1/s1. The first-order chi connectivity index (χ1) is 21.7. The summed E-state index contributed by atoms with van der Waals surface area (Å²) < 4.78 is 16.0. The summed E-state index contributed by atoms with van der Waals surface area (Å²) in [6.45, 7) is 13.1. The van der Waals surface area contributed by atoms with E-state index in [-0.39, 0.29) is 70.9 Å². The molecule has 11 unspecified atom stereocenters. The molecule has 0 aromatic carbocycles. The van der Waals surface area contributed by atoms with Gasteiger partial charge in [0.05, 0.1) is 18.4 Å². The third-order valence-corrected chi connectivity index (χ3v) is 14.8. The van der Waals surface area contributed by atoms with E-state index in [1.54, 1.807) is 0 Å². The number of hydrogen-bond acceptors (Lipinski definition) is 7. The highest BCUT2D eigenvalue weighted by Gasteiger charge is 2.57. The first-order valence-electron chi connectivity index (χ1n) is 17.5. The number of nitrogens with zero attached hydrogens (tertiary/aromatic N) is 3. The number of thioether (sulfide) groups is 2. The lowest BCUT2D eigenvalue weighted by atomic mass is 9.74. The van der Waals surface area contributed by atoms with Crippen molar-refractivity contribution in [3.05, 3.63) is 12.7 Å². The van der Waals surface area contributed by atoms with Crippen LogP contribution >= 0.6 is 35.1 Å². The number of carbonyl (C=O) groups excluding carboxylic acids is 2. The van der Waals surface area contributed by atoms with Crippen LogP contribution in [0.4, 0.5) is 9.18 Å². The van der Waals surface area contributed by atoms with Crippen molar-refractivity contribution < 1.29 is 14.0 Å². The summed E-state index contributed by atoms with van der Waals surface area (Å²) in [6.07, 6.45) is 6.59. The summed E-state index contributed by atoms with van der Waals surface area (Å²) in [4.78, 5) is 33.4. The maximum Gasteiger partial charge on any atom is 0.320 e. The van der Waals surface area contributed by atoms with Crippen LogP contribution in [0.2, 0.25) is 0 Å². The Hall–Kier alpha value is -0.720. The minimum Gasteiger partial charge on any atom is -0.336 e. The molecule has 0 spiro atoms. The predicted molar refractivity (Wildman–Crippen MR) is 185 cm³/mol. The molecule has 6 rings (SSSR count). The Balaban J connectivity index is 1.38. The molecule has 5 saturated heterocycles. The number of piperazine rings is 1. The molecule has 12 heteroatoms. The summed E-state index contributed by atoms with van der Waals surface area (Å²) in [5.41, 5.74) is 0. The maximum atomic E-state index is 16.0. The molecule has 0 aromatic heterocycles. The van der Waals surface area contributed by atoms with E-state index in [1.807, 2.05) is 28.4 Å². The molecule has 3 amide bonds. The second-order valence-electron chi connectivity index (χ2n) is 14.5. The van der Waals surface area contributed by atoms with Gasteiger partial charge in [-0.3, -0.25) is 15.0 Å². The smallest absolute Gasteiger partial charge is 0.320 e. The number of halogens is 2. The van der Waals surface area contributed by atoms with Crippen molar-refractivity contribution >= 4 is 47.1 Å². The van der Waals surface area contributed by atoms with Crippen molar-refractivity contribution in [2.75, 3.05) is 37.7 Å². The van der Waals surface area contributed by atoms with Crippen molar-refractivity contribution in [2.24, 2.45) is 17.8 Å². The van der Waals surface area contributed by atoms with Gasteiger partial charge in [0.1, 0.15) is 6.17 Å². The molecule has 2 bridgehead atoms. The van der Waals surface area contributed by atoms with Gasteiger partial charge in [-0.25, -0.2) is 9.18 Å². The minimum atomic E-state index is -0.889. The number of nitrogens with one attached hydrogen (secondary N) is 3. The Morgan fingerprint density at radius 3 is 2.56 bits per heavy atom. The van der Waals surface area contributed by atoms with Crippen LogP contribution in [0.25, 0.3) is 0 Å². The fraction of sp³-hybridized carbons (Fsp3) is 0.879. The zero-order chi connectivity index (χ0) is 31.8. The molecule has 5 aliphatic heterocycles. The molecule has 12 atom stereocenters. The quantitative estimate of drug-likeness (QED) is 0.299. The molecule has 6 aliphatic rings. The Kier molecular flexibility index (Phi) is 11.2. The lowest BCUT2D eigenvalue weighted by molar-refractivity contribution is -0.131. The molecular formula is C33H54ClFN6O2S2. The van der Waals surface area contributed by atoms with Crippen molar-refractivity contribution in [3.63, 3.8) is 0 Å². The van der Waals surface area contributed by atoms with Gasteiger partial charge in [-0.1, -0.05) is 20.4 Å². The lowest BCUT2D eigenvalue weighted by Crippen LogP contribution is -2.80. The fourth-order valence-electron chi connectivity index (χ4n) is 9.23. The van der Waals surface area contributed by atoms with E-state index in [4.69, 9.17) is 11.6 Å². The van der Waals surface area contributed by atoms with Gasteiger partial charge in [-0.05, 0) is 81.9 Å². The summed E-state index contributed by atoms with van der Waals surface area (Å²) in [6, 6.07) is -0.00211. The summed E-state index contributed by atoms with van der Waals surface area (Å²) in [7, 11) is 0. The SMILES string of the molecule is C=CC(=O)N1CCN(C2NC(=O)N3C4NC(C(Cl)CC42)C2C(F)CCCC2SCCCCSC2CCNC(C(C)C)C23)[C@H](C)C1. The number of carbonyl (C=O) groups is 2. The molecule has 5 heterocycles. The number of fused-ring (bicyclic) bond motifs is 5. The molecule has 8 nitrogen and oxygen atoms in total. The fourth-order valence-corrected chi connectivity index (χ4v) is 12.7. The number of piperidine rings is 2. The number of amides is 3. The van der Waals surface area contributed by atoms with Gasteiger partial charge in [-0.2, -0.15) is 23.5 Å². The largest absolute Gasteiger partial charge is 0.336 e. The number of alkyl halides is 2. The zero-order valence-electron chi connectivity index (χ0n) is 27.2. The van der Waals surface area contributed by atoms with Gasteiger partial charge in [0, 0.05) is 65.5 Å². The predicted octanol–water partition coefficient (Wildman–Crippen LogP) is 4.49. The van der Waals surface area contributed by atoms with E-state index in [9.17, 15) is 9.59 Å². The van der Waals surface area contributed by atoms with Crippen LogP contribution in [0.1, 0.15) is 65.7 Å². The Bertz CT molecular complexity index is 1080. The normalized spacial score (nSPS) is 43.5. The van der Waals surface area contributed by atoms with Crippen LogP contribution in [-0.2, 0) is 4.79 Å². The molecule has 1 saturated carbocycles. The van der Waals surface area contributed by atoms with Crippen molar-refractivity contribution in [3.8, 4) is 0 Å².